The SMILES string of the molecule is C=CCCCC1CCC(c2ccc(-c3ccc(-c4ccc(C(F)(F)Oc5ccc(F)c(F)c5)c(F)c4)c(F)c3)c(F)c2)CC1. The smallest absolute Gasteiger partial charge is 0.429 e. The zero-order valence-corrected chi connectivity index (χ0v) is 23.9. The molecule has 4 aromatic carbocycles. The Labute approximate surface area is 252 Å². The van der Waals surface area contributed by atoms with Crippen LogP contribution in [0, 0.1) is 35.0 Å². The fourth-order valence-corrected chi connectivity index (χ4v) is 5.93. The van der Waals surface area contributed by atoms with Crippen LogP contribution in [0.4, 0.5) is 30.7 Å². The Morgan fingerprint density at radius 3 is 1.93 bits per heavy atom. The minimum Gasteiger partial charge on any atom is -0.429 e. The van der Waals surface area contributed by atoms with Crippen molar-refractivity contribution < 1.29 is 35.5 Å². The van der Waals surface area contributed by atoms with Crippen LogP contribution in [0.2, 0.25) is 0 Å². The van der Waals surface area contributed by atoms with E-state index in [1.165, 1.54) is 24.6 Å². The Hall–Kier alpha value is -4.07. The molecule has 1 fully saturated rings. The Bertz CT molecular complexity index is 1640. The molecule has 1 nitrogen and oxygen atoms in total. The highest BCUT2D eigenvalue weighted by Crippen LogP contribution is 2.40. The summed E-state index contributed by atoms with van der Waals surface area (Å²) in [6, 6.07) is 13.3. The molecule has 1 aliphatic rings. The molecule has 0 radical (unpaired) electrons. The summed E-state index contributed by atoms with van der Waals surface area (Å²) in [6.45, 7) is 3.77. The molecule has 0 heterocycles. The van der Waals surface area contributed by atoms with Gasteiger partial charge in [0, 0.05) is 17.2 Å². The second-order valence-electron chi connectivity index (χ2n) is 11.3. The third kappa shape index (κ3) is 7.01. The lowest BCUT2D eigenvalue weighted by Crippen LogP contribution is -2.23. The molecule has 4 aromatic rings. The number of alkyl halides is 2. The molecule has 1 aliphatic carbocycles. The summed E-state index contributed by atoms with van der Waals surface area (Å²) in [6.07, 6.45) is 5.28. The Balaban J connectivity index is 1.29. The minimum absolute atomic E-state index is 0.0326. The third-order valence-corrected chi connectivity index (χ3v) is 8.34. The van der Waals surface area contributed by atoms with E-state index in [0.717, 1.165) is 74.4 Å². The van der Waals surface area contributed by atoms with Crippen molar-refractivity contribution >= 4 is 0 Å². The van der Waals surface area contributed by atoms with Gasteiger partial charge in [0.25, 0.3) is 0 Å². The van der Waals surface area contributed by atoms with Crippen molar-refractivity contribution in [3.63, 3.8) is 0 Å². The second kappa shape index (κ2) is 13.3. The fourth-order valence-electron chi connectivity index (χ4n) is 5.93. The molecule has 0 aromatic heterocycles. The highest BCUT2D eigenvalue weighted by atomic mass is 19.3. The first-order valence-corrected chi connectivity index (χ1v) is 14.6. The van der Waals surface area contributed by atoms with E-state index >= 15 is 8.78 Å². The van der Waals surface area contributed by atoms with Gasteiger partial charge in [0.2, 0.25) is 0 Å². The summed E-state index contributed by atoms with van der Waals surface area (Å²) in [5, 5.41) is 0. The molecule has 0 aliphatic heterocycles. The van der Waals surface area contributed by atoms with Crippen molar-refractivity contribution in [1.82, 2.24) is 0 Å². The molecule has 230 valence electrons. The molecule has 0 bridgehead atoms. The largest absolute Gasteiger partial charge is 0.429 e. The maximum Gasteiger partial charge on any atom is 0.429 e. The van der Waals surface area contributed by atoms with Crippen LogP contribution < -0.4 is 4.74 Å². The Morgan fingerprint density at radius 2 is 1.32 bits per heavy atom. The van der Waals surface area contributed by atoms with E-state index in [0.29, 0.717) is 18.1 Å². The Morgan fingerprint density at radius 1 is 0.682 bits per heavy atom. The van der Waals surface area contributed by atoms with Gasteiger partial charge in [-0.1, -0.05) is 42.8 Å². The molecule has 0 N–H and O–H groups in total. The lowest BCUT2D eigenvalue weighted by Gasteiger charge is -2.29. The minimum atomic E-state index is -4.23. The standard InChI is InChI=1S/C36H31F7O/c1-2-3-4-5-22-6-8-23(9-7-22)24-10-14-28(32(38)18-24)25-11-15-29(33(39)19-25)26-12-16-30(34(40)20-26)36(42,43)44-27-13-17-31(37)35(41)21-27/h2,10-23H,1,3-9H2. The van der Waals surface area contributed by atoms with Gasteiger partial charge in [-0.3, -0.25) is 0 Å². The van der Waals surface area contributed by atoms with E-state index in [1.807, 2.05) is 12.1 Å². The summed E-state index contributed by atoms with van der Waals surface area (Å²) in [4.78, 5) is 0. The summed E-state index contributed by atoms with van der Waals surface area (Å²) < 4.78 is 105. The van der Waals surface area contributed by atoms with Gasteiger partial charge >= 0.3 is 6.11 Å². The fraction of sp³-hybridized carbons (Fsp3) is 0.278. The van der Waals surface area contributed by atoms with Crippen LogP contribution >= 0.6 is 0 Å². The predicted octanol–water partition coefficient (Wildman–Crippen LogP) is 11.5. The van der Waals surface area contributed by atoms with Crippen LogP contribution in [0.15, 0.2) is 85.5 Å². The number of allylic oxidation sites excluding steroid dienone is 1. The van der Waals surface area contributed by atoms with Crippen molar-refractivity contribution in [2.45, 2.75) is 57.0 Å². The van der Waals surface area contributed by atoms with Crippen molar-refractivity contribution in [1.29, 1.82) is 0 Å². The summed E-state index contributed by atoms with van der Waals surface area (Å²) >= 11 is 0. The lowest BCUT2D eigenvalue weighted by molar-refractivity contribution is -0.187. The van der Waals surface area contributed by atoms with E-state index in [4.69, 9.17) is 0 Å². The van der Waals surface area contributed by atoms with E-state index < -0.39 is 46.5 Å². The molecule has 1 saturated carbocycles. The molecule has 0 atom stereocenters. The van der Waals surface area contributed by atoms with Crippen LogP contribution in [0.3, 0.4) is 0 Å². The van der Waals surface area contributed by atoms with Crippen molar-refractivity contribution in [2.24, 2.45) is 5.92 Å². The van der Waals surface area contributed by atoms with Gasteiger partial charge in [0.1, 0.15) is 23.2 Å². The Kier molecular flexibility index (Phi) is 9.47. The van der Waals surface area contributed by atoms with Gasteiger partial charge in [-0.15, -0.1) is 6.58 Å². The number of benzene rings is 4. The van der Waals surface area contributed by atoms with E-state index in [2.05, 4.69) is 11.3 Å². The quantitative estimate of drug-likeness (QED) is 0.0984. The van der Waals surface area contributed by atoms with Crippen LogP contribution in [-0.4, -0.2) is 0 Å². The molecule has 44 heavy (non-hydrogen) atoms. The maximum atomic E-state index is 15.2. The molecule has 0 amide bonds. The van der Waals surface area contributed by atoms with Gasteiger partial charge in [0.05, 0.1) is 5.56 Å². The first kappa shape index (κ1) is 31.4. The van der Waals surface area contributed by atoms with Gasteiger partial charge in [-0.05, 0) is 103 Å². The lowest BCUT2D eigenvalue weighted by atomic mass is 9.77. The number of unbranched alkanes of at least 4 members (excludes halogenated alkanes) is 1. The predicted molar refractivity (Wildman–Crippen MR) is 157 cm³/mol. The number of hydrogen-bond acceptors (Lipinski definition) is 1. The van der Waals surface area contributed by atoms with Gasteiger partial charge in [-0.2, -0.15) is 8.78 Å². The first-order chi connectivity index (χ1) is 21.1. The van der Waals surface area contributed by atoms with Gasteiger partial charge < -0.3 is 4.74 Å². The monoisotopic (exact) mass is 612 g/mol. The van der Waals surface area contributed by atoms with E-state index in [-0.39, 0.29) is 28.2 Å². The normalized spacial score (nSPS) is 17.0. The third-order valence-electron chi connectivity index (χ3n) is 8.34. The average molecular weight is 613 g/mol. The zero-order chi connectivity index (χ0) is 31.4. The van der Waals surface area contributed by atoms with Crippen molar-refractivity contribution in [3.05, 3.63) is 126 Å². The van der Waals surface area contributed by atoms with Gasteiger partial charge in [0.15, 0.2) is 11.6 Å². The van der Waals surface area contributed by atoms with Gasteiger partial charge in [-0.25, -0.2) is 22.0 Å². The van der Waals surface area contributed by atoms with Crippen LogP contribution in [0.25, 0.3) is 22.3 Å². The topological polar surface area (TPSA) is 9.23 Å². The number of hydrogen-bond donors (Lipinski definition) is 0. The number of ether oxygens (including phenoxy) is 1. The molecule has 0 spiro atoms. The summed E-state index contributed by atoms with van der Waals surface area (Å²) in [5.74, 6) is -5.06. The van der Waals surface area contributed by atoms with Crippen molar-refractivity contribution in [3.8, 4) is 28.0 Å². The molecule has 0 unspecified atom stereocenters. The molecular weight excluding hydrogens is 581 g/mol. The number of rotatable bonds is 10. The van der Waals surface area contributed by atoms with Crippen LogP contribution in [0.5, 0.6) is 5.75 Å². The first-order valence-electron chi connectivity index (χ1n) is 14.6. The molecule has 0 saturated heterocycles. The summed E-state index contributed by atoms with van der Waals surface area (Å²) in [7, 11) is 0. The highest BCUT2D eigenvalue weighted by Gasteiger charge is 2.38. The van der Waals surface area contributed by atoms with E-state index in [9.17, 15) is 22.0 Å². The molecule has 8 heteroatoms. The number of halogens is 7. The zero-order valence-electron chi connectivity index (χ0n) is 23.9. The van der Waals surface area contributed by atoms with E-state index in [1.54, 1.807) is 6.07 Å². The van der Waals surface area contributed by atoms with Crippen LogP contribution in [0.1, 0.15) is 62.0 Å². The highest BCUT2D eigenvalue weighted by molar-refractivity contribution is 5.72. The van der Waals surface area contributed by atoms with Crippen molar-refractivity contribution in [2.75, 3.05) is 0 Å². The average Bonchev–Trinajstić information content (AvgIpc) is 2.99. The molecule has 5 rings (SSSR count). The molecular formula is C36H31F7O. The summed E-state index contributed by atoms with van der Waals surface area (Å²) in [5.41, 5.74) is 0.138. The second-order valence-corrected chi connectivity index (χ2v) is 11.3. The van der Waals surface area contributed by atoms with Crippen LogP contribution in [-0.2, 0) is 6.11 Å². The maximum absolute atomic E-state index is 15.2.